The van der Waals surface area contributed by atoms with Gasteiger partial charge in [0.1, 0.15) is 24.0 Å². The monoisotopic (exact) mass is 438 g/mol. The third-order valence-corrected chi connectivity index (χ3v) is 4.43. The van der Waals surface area contributed by atoms with Crippen molar-refractivity contribution >= 4 is 11.7 Å². The third-order valence-electron chi connectivity index (χ3n) is 4.43. The van der Waals surface area contributed by atoms with Gasteiger partial charge in [-0.3, -0.25) is 10.3 Å². The summed E-state index contributed by atoms with van der Waals surface area (Å²) < 4.78 is 16.6. The molecule has 8 nitrogen and oxygen atoms in total. The molecule has 0 spiro atoms. The van der Waals surface area contributed by atoms with Gasteiger partial charge in [0.15, 0.2) is 11.8 Å². The van der Waals surface area contributed by atoms with Crippen LogP contribution in [0.1, 0.15) is 25.3 Å². The fourth-order valence-corrected chi connectivity index (χ4v) is 2.87. The van der Waals surface area contributed by atoms with E-state index in [-0.39, 0.29) is 6.42 Å². The van der Waals surface area contributed by atoms with Gasteiger partial charge in [-0.2, -0.15) is 0 Å². The Hall–Kier alpha value is -3.62. The molecule has 0 saturated heterocycles. The van der Waals surface area contributed by atoms with E-state index in [0.717, 1.165) is 11.1 Å². The van der Waals surface area contributed by atoms with Crippen molar-refractivity contribution in [3.05, 3.63) is 78.6 Å². The van der Waals surface area contributed by atoms with Crippen LogP contribution in [0.3, 0.4) is 0 Å². The lowest BCUT2D eigenvalue weighted by Crippen LogP contribution is -2.26. The van der Waals surface area contributed by atoms with Crippen molar-refractivity contribution in [2.75, 3.05) is 13.2 Å². The number of carbonyl (C=O) groups is 1. The van der Waals surface area contributed by atoms with Gasteiger partial charge >= 0.3 is 5.97 Å². The minimum absolute atomic E-state index is 0.273. The topological polar surface area (TPSA) is 103 Å². The summed E-state index contributed by atoms with van der Waals surface area (Å²) in [6.07, 6.45) is 2.41. The number of aliphatic carboxylic acids is 1. The maximum Gasteiger partial charge on any atom is 0.333 e. The SMILES string of the molecule is CCONC(=COc1ccc(CC(OCC)C(=O)O)cc1)c1nc(-c2ccccc2)co1. The van der Waals surface area contributed by atoms with E-state index in [1.807, 2.05) is 37.3 Å². The van der Waals surface area contributed by atoms with Gasteiger partial charge in [0.2, 0.25) is 5.89 Å². The van der Waals surface area contributed by atoms with Gasteiger partial charge in [0, 0.05) is 18.6 Å². The lowest BCUT2D eigenvalue weighted by Gasteiger charge is -2.12. The Bertz CT molecular complexity index is 1010. The van der Waals surface area contributed by atoms with Crippen molar-refractivity contribution in [3.63, 3.8) is 0 Å². The summed E-state index contributed by atoms with van der Waals surface area (Å²) in [7, 11) is 0. The van der Waals surface area contributed by atoms with Gasteiger partial charge in [-0.25, -0.2) is 9.78 Å². The van der Waals surface area contributed by atoms with Gasteiger partial charge in [0.05, 0.1) is 6.61 Å². The predicted octanol–water partition coefficient (Wildman–Crippen LogP) is 4.29. The second kappa shape index (κ2) is 11.7. The summed E-state index contributed by atoms with van der Waals surface area (Å²) in [4.78, 5) is 21.1. The van der Waals surface area contributed by atoms with E-state index in [1.54, 1.807) is 37.5 Å². The Balaban J connectivity index is 1.71. The number of oxazole rings is 1. The number of carboxylic acids is 1. The number of hydroxylamine groups is 1. The zero-order chi connectivity index (χ0) is 22.8. The van der Waals surface area contributed by atoms with Crippen LogP contribution in [0, 0.1) is 0 Å². The van der Waals surface area contributed by atoms with Crippen molar-refractivity contribution in [2.45, 2.75) is 26.4 Å². The number of benzene rings is 2. The number of hydrogen-bond acceptors (Lipinski definition) is 7. The molecule has 168 valence electrons. The number of carboxylic acid groups (broad SMARTS) is 1. The van der Waals surface area contributed by atoms with Crippen LogP contribution in [0.5, 0.6) is 5.75 Å². The molecule has 3 aromatic rings. The number of ether oxygens (including phenoxy) is 2. The lowest BCUT2D eigenvalue weighted by atomic mass is 10.1. The molecule has 1 atom stereocenters. The maximum absolute atomic E-state index is 11.3. The van der Waals surface area contributed by atoms with Crippen LogP contribution in [-0.2, 0) is 20.8 Å². The molecule has 0 aliphatic rings. The van der Waals surface area contributed by atoms with E-state index in [9.17, 15) is 9.90 Å². The molecular formula is C24H26N2O6. The molecule has 0 aliphatic carbocycles. The minimum Gasteiger partial charge on any atom is -0.479 e. The standard InChI is InChI=1S/C24H26N2O6/c1-3-29-22(24(27)28)14-17-10-12-19(13-11-17)30-16-21(26-32-4-2)23-25-20(15-31-23)18-8-6-5-7-9-18/h5-13,15-16,22,26H,3-4,14H2,1-2H3,(H,27,28). The van der Waals surface area contributed by atoms with Crippen LogP contribution in [0.25, 0.3) is 17.0 Å². The average molecular weight is 438 g/mol. The fraction of sp³-hybridized carbons (Fsp3) is 0.250. The first-order valence-electron chi connectivity index (χ1n) is 10.3. The first-order valence-corrected chi connectivity index (χ1v) is 10.3. The largest absolute Gasteiger partial charge is 0.479 e. The van der Waals surface area contributed by atoms with Crippen LogP contribution >= 0.6 is 0 Å². The van der Waals surface area contributed by atoms with Crippen LogP contribution in [0.4, 0.5) is 0 Å². The van der Waals surface area contributed by atoms with Crippen molar-refractivity contribution < 1.29 is 28.6 Å². The molecule has 0 bridgehead atoms. The summed E-state index contributed by atoms with van der Waals surface area (Å²) in [5.74, 6) is -0.111. The summed E-state index contributed by atoms with van der Waals surface area (Å²) >= 11 is 0. The van der Waals surface area contributed by atoms with Crippen LogP contribution in [0.15, 0.2) is 71.5 Å². The fourth-order valence-electron chi connectivity index (χ4n) is 2.87. The zero-order valence-electron chi connectivity index (χ0n) is 18.0. The van der Waals surface area contributed by atoms with E-state index in [1.165, 1.54) is 6.26 Å². The second-order valence-corrected chi connectivity index (χ2v) is 6.72. The lowest BCUT2D eigenvalue weighted by molar-refractivity contribution is -0.149. The Labute approximate surface area is 186 Å². The molecule has 2 N–H and O–H groups in total. The number of nitrogens with zero attached hydrogens (tertiary/aromatic N) is 1. The highest BCUT2D eigenvalue weighted by atomic mass is 16.6. The molecule has 0 amide bonds. The highest BCUT2D eigenvalue weighted by molar-refractivity contribution is 5.72. The molecule has 0 saturated carbocycles. The smallest absolute Gasteiger partial charge is 0.333 e. The van der Waals surface area contributed by atoms with Crippen LogP contribution < -0.4 is 10.2 Å². The predicted molar refractivity (Wildman–Crippen MR) is 119 cm³/mol. The van der Waals surface area contributed by atoms with Gasteiger partial charge in [-0.05, 0) is 31.5 Å². The highest BCUT2D eigenvalue weighted by Gasteiger charge is 2.18. The van der Waals surface area contributed by atoms with Crippen LogP contribution in [0.2, 0.25) is 0 Å². The minimum atomic E-state index is -0.984. The van der Waals surface area contributed by atoms with Crippen molar-refractivity contribution in [1.82, 2.24) is 10.5 Å². The molecule has 32 heavy (non-hydrogen) atoms. The van der Waals surface area contributed by atoms with Gasteiger partial charge < -0.3 is 19.0 Å². The number of nitrogens with one attached hydrogen (secondary N) is 1. The van der Waals surface area contributed by atoms with E-state index in [4.69, 9.17) is 18.7 Å². The molecule has 8 heteroatoms. The number of rotatable bonds is 12. The normalized spacial score (nSPS) is 12.4. The molecule has 0 fully saturated rings. The maximum atomic E-state index is 11.3. The zero-order valence-corrected chi connectivity index (χ0v) is 18.0. The van der Waals surface area contributed by atoms with E-state index in [0.29, 0.717) is 36.2 Å². The molecule has 2 aromatic carbocycles. The second-order valence-electron chi connectivity index (χ2n) is 6.72. The summed E-state index contributed by atoms with van der Waals surface area (Å²) in [6, 6.07) is 16.8. The quantitative estimate of drug-likeness (QED) is 0.319. The molecule has 1 heterocycles. The van der Waals surface area contributed by atoms with Gasteiger partial charge in [0.25, 0.3) is 0 Å². The summed E-state index contributed by atoms with van der Waals surface area (Å²) in [5, 5.41) is 9.23. The van der Waals surface area contributed by atoms with E-state index >= 15 is 0 Å². The first kappa shape index (κ1) is 23.1. The molecule has 0 aliphatic heterocycles. The van der Waals surface area contributed by atoms with Crippen molar-refractivity contribution in [1.29, 1.82) is 0 Å². The summed E-state index contributed by atoms with van der Waals surface area (Å²) in [5.41, 5.74) is 5.65. The van der Waals surface area contributed by atoms with E-state index in [2.05, 4.69) is 10.5 Å². The van der Waals surface area contributed by atoms with Crippen molar-refractivity contribution in [2.24, 2.45) is 0 Å². The highest BCUT2D eigenvalue weighted by Crippen LogP contribution is 2.22. The van der Waals surface area contributed by atoms with Crippen molar-refractivity contribution in [3.8, 4) is 17.0 Å². The summed E-state index contributed by atoms with van der Waals surface area (Å²) in [6.45, 7) is 4.39. The van der Waals surface area contributed by atoms with Crippen LogP contribution in [-0.4, -0.2) is 35.4 Å². The number of hydrogen-bond donors (Lipinski definition) is 2. The third kappa shape index (κ3) is 6.44. The van der Waals surface area contributed by atoms with Gasteiger partial charge in [-0.15, -0.1) is 0 Å². The molecule has 1 unspecified atom stereocenters. The molecule has 3 rings (SSSR count). The Morgan fingerprint density at radius 1 is 1.12 bits per heavy atom. The number of aromatic nitrogens is 1. The Morgan fingerprint density at radius 3 is 2.53 bits per heavy atom. The van der Waals surface area contributed by atoms with Gasteiger partial charge in [-0.1, -0.05) is 42.5 Å². The molecular weight excluding hydrogens is 412 g/mol. The Morgan fingerprint density at radius 2 is 1.88 bits per heavy atom. The molecule has 1 aromatic heterocycles. The van der Waals surface area contributed by atoms with E-state index < -0.39 is 12.1 Å². The average Bonchev–Trinajstić information content (AvgIpc) is 3.30. The molecule has 0 radical (unpaired) electrons. The Kier molecular flexibility index (Phi) is 8.42. The first-order chi connectivity index (χ1) is 15.6.